The molecule has 8 heteroatoms. The molecule has 2 rings (SSSR count). The van der Waals surface area contributed by atoms with E-state index in [0.717, 1.165) is 28.1 Å². The summed E-state index contributed by atoms with van der Waals surface area (Å²) in [5.41, 5.74) is 4.73. The van der Waals surface area contributed by atoms with E-state index < -0.39 is 26.5 Å². The van der Waals surface area contributed by atoms with Crippen molar-refractivity contribution in [3.8, 4) is 11.1 Å². The van der Waals surface area contributed by atoms with Crippen molar-refractivity contribution in [3.63, 3.8) is 0 Å². The van der Waals surface area contributed by atoms with Crippen molar-refractivity contribution in [2.24, 2.45) is 0 Å². The molecular formula is C25H34FNO5P+. The van der Waals surface area contributed by atoms with Gasteiger partial charge in [-0.15, -0.1) is 4.52 Å². The van der Waals surface area contributed by atoms with Gasteiger partial charge in [-0.25, -0.2) is 4.39 Å². The van der Waals surface area contributed by atoms with Gasteiger partial charge in [-0.1, -0.05) is 46.8 Å². The van der Waals surface area contributed by atoms with Crippen LogP contribution < -0.4 is 0 Å². The lowest BCUT2D eigenvalue weighted by Gasteiger charge is -2.24. The van der Waals surface area contributed by atoms with Gasteiger partial charge < -0.3 is 10.2 Å². The lowest BCUT2D eigenvalue weighted by atomic mass is 9.85. The number of hydrogen-bond acceptors (Lipinski definition) is 5. The number of rotatable bonds is 11. The first-order chi connectivity index (χ1) is 15.4. The minimum absolute atomic E-state index is 0.157. The third-order valence-corrected chi connectivity index (χ3v) is 6.39. The van der Waals surface area contributed by atoms with E-state index in [0.29, 0.717) is 12.8 Å². The first-order valence-electron chi connectivity index (χ1n) is 11.2. The Morgan fingerprint density at radius 3 is 2.39 bits per heavy atom. The average molecular weight is 479 g/mol. The third-order valence-electron chi connectivity index (χ3n) is 5.20. The van der Waals surface area contributed by atoms with Crippen LogP contribution >= 0.6 is 8.03 Å². The molecule has 2 aromatic rings. The van der Waals surface area contributed by atoms with Gasteiger partial charge in [0.1, 0.15) is 18.5 Å². The van der Waals surface area contributed by atoms with E-state index in [-0.39, 0.29) is 29.9 Å². The summed E-state index contributed by atoms with van der Waals surface area (Å²) in [6.45, 7) is 10.7. The molecule has 180 valence electrons. The number of hydrogen-bond donors (Lipinski definition) is 2. The van der Waals surface area contributed by atoms with Gasteiger partial charge in [0.2, 0.25) is 6.16 Å². The summed E-state index contributed by atoms with van der Waals surface area (Å²) in [6.07, 6.45) is -0.673. The van der Waals surface area contributed by atoms with Gasteiger partial charge in [-0.3, -0.25) is 9.78 Å². The summed E-state index contributed by atoms with van der Waals surface area (Å²) in [5, 5.41) is 18.3. The maximum absolute atomic E-state index is 13.6. The number of carboxylic acid groups (broad SMARTS) is 1. The van der Waals surface area contributed by atoms with Gasteiger partial charge in [0.05, 0.1) is 6.42 Å². The van der Waals surface area contributed by atoms with Crippen LogP contribution in [0.3, 0.4) is 0 Å². The van der Waals surface area contributed by atoms with Crippen LogP contribution in [-0.2, 0) is 25.7 Å². The zero-order chi connectivity index (χ0) is 24.8. The molecule has 1 unspecified atom stereocenters. The lowest BCUT2D eigenvalue weighted by molar-refractivity contribution is -0.138. The number of aromatic nitrogens is 1. The predicted molar refractivity (Wildman–Crippen MR) is 127 cm³/mol. The van der Waals surface area contributed by atoms with Gasteiger partial charge in [0.15, 0.2) is 0 Å². The van der Waals surface area contributed by atoms with Crippen LogP contribution in [0.2, 0.25) is 0 Å². The largest absolute Gasteiger partial charge is 0.510 e. The highest BCUT2D eigenvalue weighted by molar-refractivity contribution is 7.39. The molecule has 2 N–H and O–H groups in total. The standard InChI is InChI=1S/C25H33FNO5P/c1-16(2)24-20(7-6-12-32-33(31)15-19(28)13-23(29)30)21(14-22(27-24)25(3,4)5)17-8-10-18(26)11-9-17/h8-11,14,16,19,28H,6-7,12-13,15H2,1-5H3/p+1/t19-/m0/s1. The minimum atomic E-state index is -2.15. The van der Waals surface area contributed by atoms with E-state index in [9.17, 15) is 18.9 Å². The number of nitrogens with zero attached hydrogens (tertiary/aromatic N) is 1. The summed E-state index contributed by atoms with van der Waals surface area (Å²) >= 11 is 0. The highest BCUT2D eigenvalue weighted by Gasteiger charge is 2.26. The fourth-order valence-electron chi connectivity index (χ4n) is 3.51. The van der Waals surface area contributed by atoms with Gasteiger partial charge in [-0.05, 0) is 58.2 Å². The van der Waals surface area contributed by atoms with Crippen LogP contribution in [-0.4, -0.2) is 40.0 Å². The van der Waals surface area contributed by atoms with Crippen molar-refractivity contribution in [1.29, 1.82) is 0 Å². The molecule has 0 saturated carbocycles. The van der Waals surface area contributed by atoms with Crippen LogP contribution in [0.1, 0.15) is 70.3 Å². The molecule has 33 heavy (non-hydrogen) atoms. The first-order valence-corrected chi connectivity index (χ1v) is 12.5. The highest BCUT2D eigenvalue weighted by atomic mass is 31.1. The molecule has 0 aliphatic heterocycles. The monoisotopic (exact) mass is 478 g/mol. The Morgan fingerprint density at radius 2 is 1.85 bits per heavy atom. The number of halogens is 1. The topological polar surface area (TPSA) is 96.7 Å². The number of aliphatic hydroxyl groups is 1. The molecule has 0 radical (unpaired) electrons. The van der Waals surface area contributed by atoms with Crippen LogP contribution in [0.4, 0.5) is 4.39 Å². The quantitative estimate of drug-likeness (QED) is 0.311. The lowest BCUT2D eigenvalue weighted by Crippen LogP contribution is -2.17. The Bertz CT molecular complexity index is 970. The zero-order valence-electron chi connectivity index (χ0n) is 20.0. The summed E-state index contributed by atoms with van der Waals surface area (Å²) in [6, 6.07) is 8.49. The van der Waals surface area contributed by atoms with Crippen molar-refractivity contribution in [2.45, 2.75) is 71.3 Å². The normalized spacial score (nSPS) is 13.3. The molecule has 0 amide bonds. The summed E-state index contributed by atoms with van der Waals surface area (Å²) in [5.74, 6) is -1.27. The molecule has 0 fully saturated rings. The number of pyridine rings is 1. The van der Waals surface area contributed by atoms with Crippen LogP contribution in [0.5, 0.6) is 0 Å². The van der Waals surface area contributed by atoms with Crippen LogP contribution in [0.25, 0.3) is 11.1 Å². The number of carboxylic acids is 1. The Kier molecular flexibility index (Phi) is 9.65. The highest BCUT2D eigenvalue weighted by Crippen LogP contribution is 2.35. The van der Waals surface area contributed by atoms with Crippen molar-refractivity contribution < 1.29 is 28.5 Å². The van der Waals surface area contributed by atoms with E-state index in [4.69, 9.17) is 14.6 Å². The van der Waals surface area contributed by atoms with Crippen molar-refractivity contribution in [3.05, 3.63) is 53.1 Å². The smallest absolute Gasteiger partial charge is 0.481 e. The molecule has 0 aliphatic rings. The number of carbonyl (C=O) groups is 1. The summed E-state index contributed by atoms with van der Waals surface area (Å²) in [4.78, 5) is 15.6. The Morgan fingerprint density at radius 1 is 1.21 bits per heavy atom. The van der Waals surface area contributed by atoms with E-state index in [2.05, 4.69) is 40.7 Å². The molecule has 0 spiro atoms. The number of aliphatic hydroxyl groups excluding tert-OH is 1. The molecule has 0 aliphatic carbocycles. The van der Waals surface area contributed by atoms with Crippen molar-refractivity contribution in [2.75, 3.05) is 12.8 Å². The second-order valence-corrected chi connectivity index (χ2v) is 10.8. The number of aliphatic carboxylic acids is 1. The van der Waals surface area contributed by atoms with Crippen LogP contribution in [0, 0.1) is 5.82 Å². The second kappa shape index (κ2) is 11.8. The van der Waals surface area contributed by atoms with Gasteiger partial charge in [0, 0.05) is 16.8 Å². The van der Waals surface area contributed by atoms with Crippen molar-refractivity contribution >= 4 is 14.0 Å². The Labute approximate surface area is 196 Å². The van der Waals surface area contributed by atoms with Crippen LogP contribution in [0.15, 0.2) is 30.3 Å². The van der Waals surface area contributed by atoms with E-state index in [1.165, 1.54) is 12.1 Å². The molecule has 0 bridgehead atoms. The molecule has 6 nitrogen and oxygen atoms in total. The zero-order valence-corrected chi connectivity index (χ0v) is 20.9. The minimum Gasteiger partial charge on any atom is -0.481 e. The number of benzene rings is 1. The van der Waals surface area contributed by atoms with Gasteiger partial charge in [-0.2, -0.15) is 0 Å². The molecule has 1 heterocycles. The fraction of sp³-hybridized carbons (Fsp3) is 0.520. The summed E-state index contributed by atoms with van der Waals surface area (Å²) in [7, 11) is -2.15. The molecule has 1 aromatic heterocycles. The Hall–Kier alpha value is -2.21. The average Bonchev–Trinajstić information content (AvgIpc) is 2.69. The van der Waals surface area contributed by atoms with Gasteiger partial charge in [0.25, 0.3) is 0 Å². The predicted octanol–water partition coefficient (Wildman–Crippen LogP) is 5.84. The summed E-state index contributed by atoms with van der Waals surface area (Å²) < 4.78 is 30.9. The first kappa shape index (κ1) is 27.0. The maximum Gasteiger partial charge on any atom is 0.510 e. The van der Waals surface area contributed by atoms with E-state index in [1.807, 2.05) is 0 Å². The van der Waals surface area contributed by atoms with E-state index >= 15 is 0 Å². The second-order valence-electron chi connectivity index (χ2n) is 9.53. The fourth-order valence-corrected chi connectivity index (χ4v) is 4.42. The SMILES string of the molecule is CC(C)c1nc(C(C)(C)C)cc(-c2ccc(F)cc2)c1CCCO[P+](=O)C[C@@H](O)CC(=O)O. The van der Waals surface area contributed by atoms with Gasteiger partial charge >= 0.3 is 14.0 Å². The van der Waals surface area contributed by atoms with Crippen molar-refractivity contribution in [1.82, 2.24) is 4.98 Å². The maximum atomic E-state index is 13.6. The molecular weight excluding hydrogens is 444 g/mol. The molecule has 0 saturated heterocycles. The Balaban J connectivity index is 2.24. The third kappa shape index (κ3) is 8.26. The van der Waals surface area contributed by atoms with E-state index in [1.54, 1.807) is 12.1 Å². The molecule has 1 aromatic carbocycles. The molecule has 2 atom stereocenters.